The van der Waals surface area contributed by atoms with Crippen molar-refractivity contribution < 1.29 is 4.52 Å². The Bertz CT molecular complexity index is 1400. The summed E-state index contributed by atoms with van der Waals surface area (Å²) in [6.45, 7) is 1.17. The topological polar surface area (TPSA) is 94.9 Å². The highest BCUT2D eigenvalue weighted by molar-refractivity contribution is 6.30. The second-order valence-corrected chi connectivity index (χ2v) is 8.80. The second-order valence-electron chi connectivity index (χ2n) is 8.36. The van der Waals surface area contributed by atoms with Gasteiger partial charge in [-0.3, -0.25) is 9.36 Å². The van der Waals surface area contributed by atoms with Crippen molar-refractivity contribution in [2.75, 3.05) is 11.4 Å². The lowest BCUT2D eigenvalue weighted by atomic mass is 10.1. The molecule has 2 aliphatic carbocycles. The number of rotatable bonds is 4. The lowest BCUT2D eigenvalue weighted by Crippen LogP contribution is -2.23. The molecule has 2 saturated heterocycles. The van der Waals surface area contributed by atoms with Crippen molar-refractivity contribution in [2.24, 2.45) is 18.9 Å². The first-order valence-electron chi connectivity index (χ1n) is 9.81. The van der Waals surface area contributed by atoms with Gasteiger partial charge < -0.3 is 14.0 Å². The molecule has 30 heavy (non-hydrogen) atoms. The third-order valence-corrected chi connectivity index (χ3v) is 7.18. The molecule has 4 fully saturated rings. The molecule has 4 aromatic rings. The van der Waals surface area contributed by atoms with Gasteiger partial charge in [-0.05, 0) is 24.1 Å². The van der Waals surface area contributed by atoms with Gasteiger partial charge in [0.15, 0.2) is 17.0 Å². The van der Waals surface area contributed by atoms with Gasteiger partial charge in [-0.25, -0.2) is 9.97 Å². The zero-order valence-electron chi connectivity index (χ0n) is 15.9. The molecule has 3 aromatic heterocycles. The van der Waals surface area contributed by atoms with Crippen LogP contribution in [0.4, 0.5) is 5.69 Å². The van der Waals surface area contributed by atoms with Crippen molar-refractivity contribution in [3.63, 3.8) is 0 Å². The van der Waals surface area contributed by atoms with Crippen molar-refractivity contribution in [1.29, 1.82) is 0 Å². The predicted octanol–water partition coefficient (Wildman–Crippen LogP) is 1.60. The molecule has 4 aliphatic rings. The smallest absolute Gasteiger partial charge is 0.280 e. The monoisotopic (exact) mass is 421 g/mol. The SMILES string of the molecule is Cn1cnc2ncn(Cc3nc([C@]45C6[C@H]4[C@H]5CN6c4cccc(Cl)c4)no3)c(=O)c21. The van der Waals surface area contributed by atoms with Crippen molar-refractivity contribution in [3.8, 4) is 0 Å². The number of nitrogens with zero attached hydrogens (tertiary/aromatic N) is 7. The molecule has 8 rings (SSSR count). The van der Waals surface area contributed by atoms with E-state index in [0.717, 1.165) is 23.1 Å². The minimum absolute atomic E-state index is 0.000723. The average molecular weight is 422 g/mol. The van der Waals surface area contributed by atoms with Crippen LogP contribution in [0.3, 0.4) is 0 Å². The Morgan fingerprint density at radius 2 is 2.17 bits per heavy atom. The Balaban J connectivity index is 1.17. The van der Waals surface area contributed by atoms with Crippen LogP contribution in [0.15, 0.2) is 46.2 Å². The number of anilines is 1. The highest BCUT2D eigenvalue weighted by atomic mass is 35.5. The first-order valence-corrected chi connectivity index (χ1v) is 10.2. The standard InChI is InChI=1S/C20H16ClN7O2/c1-26-8-22-17-15(26)18(29)27(9-23-17)7-13-24-19(25-30-13)20-12-6-28(16(20)14(12)20)11-4-2-3-10(21)5-11/h2-5,8-9,12,14,16H,6-7H2,1H3/t12-,14-,16?,20+/m1/s1. The number of piperidine rings is 1. The maximum Gasteiger partial charge on any atom is 0.280 e. The largest absolute Gasteiger partial charge is 0.367 e. The maximum absolute atomic E-state index is 12.7. The molecular weight excluding hydrogens is 406 g/mol. The summed E-state index contributed by atoms with van der Waals surface area (Å²) >= 11 is 6.17. The van der Waals surface area contributed by atoms with E-state index in [4.69, 9.17) is 16.1 Å². The molecule has 0 radical (unpaired) electrons. The predicted molar refractivity (Wildman–Crippen MR) is 107 cm³/mol. The van der Waals surface area contributed by atoms with E-state index >= 15 is 0 Å². The van der Waals surface area contributed by atoms with E-state index in [0.29, 0.717) is 34.9 Å². The van der Waals surface area contributed by atoms with Crippen LogP contribution in [0.25, 0.3) is 11.2 Å². The molecule has 0 amide bonds. The molecule has 10 heteroatoms. The van der Waals surface area contributed by atoms with Gasteiger partial charge in [-0.15, -0.1) is 0 Å². The minimum atomic E-state index is -0.180. The van der Waals surface area contributed by atoms with Crippen LogP contribution in [0.1, 0.15) is 11.7 Å². The summed E-state index contributed by atoms with van der Waals surface area (Å²) in [5.74, 6) is 2.31. The van der Waals surface area contributed by atoms with Crippen LogP contribution in [-0.2, 0) is 19.0 Å². The molecule has 2 aliphatic heterocycles. The molecular formula is C20H16ClN7O2. The Hall–Kier alpha value is -3.20. The van der Waals surface area contributed by atoms with Crippen molar-refractivity contribution in [1.82, 2.24) is 29.2 Å². The van der Waals surface area contributed by atoms with E-state index in [1.165, 1.54) is 10.9 Å². The number of aromatic nitrogens is 6. The van der Waals surface area contributed by atoms with Crippen LogP contribution >= 0.6 is 11.6 Å². The summed E-state index contributed by atoms with van der Waals surface area (Å²) in [5.41, 5.74) is 1.85. The molecule has 0 N–H and O–H groups in total. The molecule has 2 saturated carbocycles. The second kappa shape index (κ2) is 5.28. The molecule has 2 bridgehead atoms. The number of hydrogen-bond acceptors (Lipinski definition) is 7. The molecule has 1 unspecified atom stereocenters. The Morgan fingerprint density at radius 3 is 3.00 bits per heavy atom. The summed E-state index contributed by atoms with van der Waals surface area (Å²) in [5, 5.41) is 5.02. The highest BCUT2D eigenvalue weighted by Gasteiger charge is 2.95. The molecule has 1 aromatic carbocycles. The maximum atomic E-state index is 12.7. The van der Waals surface area contributed by atoms with Gasteiger partial charge in [-0.1, -0.05) is 22.8 Å². The summed E-state index contributed by atoms with van der Waals surface area (Å²) in [6.07, 6.45) is 3.05. The van der Waals surface area contributed by atoms with Gasteiger partial charge in [0.2, 0.25) is 5.89 Å². The zero-order valence-corrected chi connectivity index (χ0v) is 16.7. The van der Waals surface area contributed by atoms with Crippen molar-refractivity contribution >= 4 is 28.5 Å². The summed E-state index contributed by atoms with van der Waals surface area (Å²) in [6, 6.07) is 8.37. The summed E-state index contributed by atoms with van der Waals surface area (Å²) < 4.78 is 8.66. The highest BCUT2D eigenvalue weighted by Crippen LogP contribution is 2.85. The van der Waals surface area contributed by atoms with E-state index in [9.17, 15) is 4.79 Å². The van der Waals surface area contributed by atoms with Gasteiger partial charge in [0, 0.05) is 36.3 Å². The van der Waals surface area contributed by atoms with E-state index in [2.05, 4.69) is 31.1 Å². The average Bonchev–Trinajstić information content (AvgIpc) is 3.21. The van der Waals surface area contributed by atoms with Crippen LogP contribution in [0.5, 0.6) is 0 Å². The molecule has 0 spiro atoms. The summed E-state index contributed by atoms with van der Waals surface area (Å²) in [7, 11) is 1.77. The number of hydrogen-bond donors (Lipinski definition) is 0. The fourth-order valence-electron chi connectivity index (χ4n) is 5.48. The van der Waals surface area contributed by atoms with Crippen molar-refractivity contribution in [2.45, 2.75) is 18.0 Å². The van der Waals surface area contributed by atoms with Gasteiger partial charge in [-0.2, -0.15) is 4.98 Å². The third-order valence-electron chi connectivity index (χ3n) is 6.94. The van der Waals surface area contributed by atoms with Gasteiger partial charge in [0.25, 0.3) is 5.56 Å². The Morgan fingerprint density at radius 1 is 1.30 bits per heavy atom. The quantitative estimate of drug-likeness (QED) is 0.494. The van der Waals surface area contributed by atoms with E-state index in [1.54, 1.807) is 17.9 Å². The van der Waals surface area contributed by atoms with Crippen LogP contribution < -0.4 is 10.5 Å². The fourth-order valence-corrected chi connectivity index (χ4v) is 5.67. The zero-order chi connectivity index (χ0) is 20.2. The normalized spacial score (nSPS) is 28.2. The molecule has 9 nitrogen and oxygen atoms in total. The Labute approximate surface area is 174 Å². The van der Waals surface area contributed by atoms with E-state index in [1.807, 2.05) is 18.2 Å². The first-order chi connectivity index (χ1) is 14.6. The lowest BCUT2D eigenvalue weighted by molar-refractivity contribution is 0.362. The fraction of sp³-hybridized carbons (Fsp3) is 0.350. The number of imidazole rings is 1. The Kier molecular flexibility index (Phi) is 2.92. The van der Waals surface area contributed by atoms with Gasteiger partial charge in [0.05, 0.1) is 11.7 Å². The number of benzene rings is 1. The van der Waals surface area contributed by atoms with Crippen molar-refractivity contribution in [3.05, 3.63) is 64.0 Å². The lowest BCUT2D eigenvalue weighted by Gasteiger charge is -2.18. The van der Waals surface area contributed by atoms with E-state index in [-0.39, 0.29) is 17.5 Å². The molecule has 150 valence electrons. The van der Waals surface area contributed by atoms with Crippen LogP contribution in [0, 0.1) is 11.8 Å². The molecule has 5 heterocycles. The molecule has 4 atom stereocenters. The summed E-state index contributed by atoms with van der Waals surface area (Å²) in [4.78, 5) is 28.2. The van der Waals surface area contributed by atoms with E-state index < -0.39 is 0 Å². The minimum Gasteiger partial charge on any atom is -0.367 e. The third kappa shape index (κ3) is 1.91. The van der Waals surface area contributed by atoms with Gasteiger partial charge >= 0.3 is 0 Å². The van der Waals surface area contributed by atoms with Gasteiger partial charge in [0.1, 0.15) is 12.9 Å². The number of halogens is 1. The number of fused-ring (bicyclic) bond motifs is 2. The van der Waals surface area contributed by atoms with Crippen LogP contribution in [0.2, 0.25) is 5.02 Å². The first kappa shape index (κ1) is 16.6. The van der Waals surface area contributed by atoms with Crippen LogP contribution in [-0.4, -0.2) is 41.8 Å². The number of aryl methyl sites for hydroxylation is 1.